The molecule has 1 amide bonds. The Hall–Kier alpha value is -2.00. The molecule has 0 aliphatic carbocycles. The maximum atomic E-state index is 11.1. The second-order valence-corrected chi connectivity index (χ2v) is 4.75. The first-order valence-corrected chi connectivity index (χ1v) is 6.33. The number of aryl methyl sites for hydroxylation is 1. The van der Waals surface area contributed by atoms with Crippen molar-refractivity contribution in [2.24, 2.45) is 5.73 Å². The Morgan fingerprint density at radius 1 is 1.26 bits per heavy atom. The molecule has 3 nitrogen and oxygen atoms in total. The van der Waals surface area contributed by atoms with Crippen molar-refractivity contribution < 1.29 is 4.79 Å². The number of nitrogens with two attached hydrogens (primary N) is 1. The number of hydrogen-bond donors (Lipinski definition) is 2. The van der Waals surface area contributed by atoms with E-state index < -0.39 is 5.91 Å². The van der Waals surface area contributed by atoms with E-state index in [4.69, 9.17) is 17.3 Å². The van der Waals surface area contributed by atoms with Crippen molar-refractivity contribution in [3.05, 3.63) is 64.2 Å². The van der Waals surface area contributed by atoms with Crippen LogP contribution < -0.4 is 11.1 Å². The summed E-state index contributed by atoms with van der Waals surface area (Å²) in [5, 5.41) is 4.04. The van der Waals surface area contributed by atoms with Gasteiger partial charge in [-0.05, 0) is 42.3 Å². The second-order valence-electron chi connectivity index (χ2n) is 4.34. The normalized spacial score (nSPS) is 10.2. The standard InChI is InChI=1S/C15H15ClN2O/c1-10-8-11(15(17)19)6-7-14(10)18-9-12-4-2-3-5-13(12)16/h2-8,18H,9H2,1H3,(H2,17,19). The van der Waals surface area contributed by atoms with Crippen LogP contribution in [0, 0.1) is 6.92 Å². The van der Waals surface area contributed by atoms with E-state index in [1.165, 1.54) is 0 Å². The summed E-state index contributed by atoms with van der Waals surface area (Å²) in [6, 6.07) is 13.0. The quantitative estimate of drug-likeness (QED) is 0.898. The lowest BCUT2D eigenvalue weighted by molar-refractivity contribution is 0.1000. The highest BCUT2D eigenvalue weighted by atomic mass is 35.5. The van der Waals surface area contributed by atoms with Crippen molar-refractivity contribution in [3.8, 4) is 0 Å². The minimum atomic E-state index is -0.416. The Labute approximate surface area is 117 Å². The largest absolute Gasteiger partial charge is 0.381 e. The third-order valence-electron chi connectivity index (χ3n) is 2.94. The van der Waals surface area contributed by atoms with Gasteiger partial charge >= 0.3 is 0 Å². The highest BCUT2D eigenvalue weighted by Gasteiger charge is 2.05. The van der Waals surface area contributed by atoms with Crippen LogP contribution in [0.4, 0.5) is 5.69 Å². The lowest BCUT2D eigenvalue weighted by atomic mass is 10.1. The Bertz CT molecular complexity index is 611. The molecule has 0 fully saturated rings. The van der Waals surface area contributed by atoms with E-state index in [2.05, 4.69) is 5.32 Å². The first-order valence-electron chi connectivity index (χ1n) is 5.95. The molecule has 0 spiro atoms. The number of amides is 1. The van der Waals surface area contributed by atoms with Gasteiger partial charge in [0, 0.05) is 22.8 Å². The highest BCUT2D eigenvalue weighted by Crippen LogP contribution is 2.20. The average molecular weight is 275 g/mol. The maximum Gasteiger partial charge on any atom is 0.248 e. The van der Waals surface area contributed by atoms with Gasteiger partial charge in [-0.3, -0.25) is 4.79 Å². The summed E-state index contributed by atoms with van der Waals surface area (Å²) in [4.78, 5) is 11.1. The molecule has 0 saturated carbocycles. The number of hydrogen-bond acceptors (Lipinski definition) is 2. The zero-order chi connectivity index (χ0) is 13.8. The van der Waals surface area contributed by atoms with Gasteiger partial charge in [-0.15, -0.1) is 0 Å². The Balaban J connectivity index is 2.12. The molecule has 2 aromatic carbocycles. The minimum absolute atomic E-state index is 0.416. The number of anilines is 1. The predicted octanol–water partition coefficient (Wildman–Crippen LogP) is 3.36. The van der Waals surface area contributed by atoms with Crippen molar-refractivity contribution in [1.82, 2.24) is 0 Å². The minimum Gasteiger partial charge on any atom is -0.381 e. The number of carbonyl (C=O) groups is 1. The number of carbonyl (C=O) groups excluding carboxylic acids is 1. The van der Waals surface area contributed by atoms with Crippen LogP contribution in [0.2, 0.25) is 5.02 Å². The molecule has 98 valence electrons. The number of rotatable bonds is 4. The van der Waals surface area contributed by atoms with Gasteiger partial charge in [-0.1, -0.05) is 29.8 Å². The molecule has 0 atom stereocenters. The molecule has 0 aliphatic heterocycles. The van der Waals surface area contributed by atoms with Crippen molar-refractivity contribution >= 4 is 23.2 Å². The number of primary amides is 1. The third-order valence-corrected chi connectivity index (χ3v) is 3.31. The zero-order valence-electron chi connectivity index (χ0n) is 10.6. The fourth-order valence-electron chi connectivity index (χ4n) is 1.85. The smallest absolute Gasteiger partial charge is 0.248 e. The molecule has 2 rings (SSSR count). The van der Waals surface area contributed by atoms with Gasteiger partial charge in [0.15, 0.2) is 0 Å². The molecule has 0 aliphatic rings. The van der Waals surface area contributed by atoms with Crippen LogP contribution in [0.15, 0.2) is 42.5 Å². The molecule has 0 radical (unpaired) electrons. The summed E-state index contributed by atoms with van der Waals surface area (Å²) in [6.07, 6.45) is 0. The molecular weight excluding hydrogens is 260 g/mol. The molecule has 0 saturated heterocycles. The lowest BCUT2D eigenvalue weighted by Gasteiger charge is -2.11. The van der Waals surface area contributed by atoms with Gasteiger partial charge in [0.2, 0.25) is 5.91 Å². The van der Waals surface area contributed by atoms with Gasteiger partial charge in [-0.25, -0.2) is 0 Å². The molecule has 0 unspecified atom stereocenters. The summed E-state index contributed by atoms with van der Waals surface area (Å²) in [6.45, 7) is 2.57. The van der Waals surface area contributed by atoms with E-state index in [9.17, 15) is 4.79 Å². The predicted molar refractivity (Wildman–Crippen MR) is 78.5 cm³/mol. The van der Waals surface area contributed by atoms with Crippen molar-refractivity contribution in [1.29, 1.82) is 0 Å². The first-order chi connectivity index (χ1) is 9.08. The molecule has 2 aromatic rings. The van der Waals surface area contributed by atoms with Crippen molar-refractivity contribution in [2.45, 2.75) is 13.5 Å². The summed E-state index contributed by atoms with van der Waals surface area (Å²) in [5.41, 5.74) is 8.72. The van der Waals surface area contributed by atoms with E-state index in [0.717, 1.165) is 21.8 Å². The average Bonchev–Trinajstić information content (AvgIpc) is 2.39. The Morgan fingerprint density at radius 2 is 2.00 bits per heavy atom. The lowest BCUT2D eigenvalue weighted by Crippen LogP contribution is -2.11. The molecule has 0 heterocycles. The fourth-order valence-corrected chi connectivity index (χ4v) is 2.05. The van der Waals surface area contributed by atoms with E-state index in [-0.39, 0.29) is 0 Å². The Kier molecular flexibility index (Phi) is 4.07. The highest BCUT2D eigenvalue weighted by molar-refractivity contribution is 6.31. The summed E-state index contributed by atoms with van der Waals surface area (Å²) in [7, 11) is 0. The van der Waals surface area contributed by atoms with Crippen LogP contribution in [0.25, 0.3) is 0 Å². The van der Waals surface area contributed by atoms with Gasteiger partial charge in [0.1, 0.15) is 0 Å². The van der Waals surface area contributed by atoms with E-state index in [1.54, 1.807) is 12.1 Å². The van der Waals surface area contributed by atoms with Crippen LogP contribution in [0.3, 0.4) is 0 Å². The molecule has 19 heavy (non-hydrogen) atoms. The molecule has 0 aromatic heterocycles. The van der Waals surface area contributed by atoms with Gasteiger partial charge in [0.25, 0.3) is 0 Å². The van der Waals surface area contributed by atoms with Crippen molar-refractivity contribution in [2.75, 3.05) is 5.32 Å². The number of nitrogens with one attached hydrogen (secondary N) is 1. The van der Waals surface area contributed by atoms with E-state index >= 15 is 0 Å². The fraction of sp³-hybridized carbons (Fsp3) is 0.133. The van der Waals surface area contributed by atoms with Gasteiger partial charge < -0.3 is 11.1 Å². The van der Waals surface area contributed by atoms with Crippen LogP contribution in [-0.4, -0.2) is 5.91 Å². The molecule has 4 heteroatoms. The van der Waals surface area contributed by atoms with Gasteiger partial charge in [0.05, 0.1) is 0 Å². The topological polar surface area (TPSA) is 55.1 Å². The maximum absolute atomic E-state index is 11.1. The third kappa shape index (κ3) is 3.26. The SMILES string of the molecule is Cc1cc(C(N)=O)ccc1NCc1ccccc1Cl. The molecule has 3 N–H and O–H groups in total. The zero-order valence-corrected chi connectivity index (χ0v) is 11.4. The molecule has 0 bridgehead atoms. The summed E-state index contributed by atoms with van der Waals surface area (Å²) in [5.74, 6) is -0.416. The van der Waals surface area contributed by atoms with Crippen LogP contribution in [-0.2, 0) is 6.54 Å². The summed E-state index contributed by atoms with van der Waals surface area (Å²) < 4.78 is 0. The second kappa shape index (κ2) is 5.76. The Morgan fingerprint density at radius 3 is 2.63 bits per heavy atom. The van der Waals surface area contributed by atoms with E-state index in [0.29, 0.717) is 12.1 Å². The monoisotopic (exact) mass is 274 g/mol. The van der Waals surface area contributed by atoms with Crippen LogP contribution in [0.5, 0.6) is 0 Å². The van der Waals surface area contributed by atoms with Crippen LogP contribution in [0.1, 0.15) is 21.5 Å². The number of halogens is 1. The van der Waals surface area contributed by atoms with Gasteiger partial charge in [-0.2, -0.15) is 0 Å². The van der Waals surface area contributed by atoms with Crippen molar-refractivity contribution in [3.63, 3.8) is 0 Å². The first kappa shape index (κ1) is 13.4. The number of benzene rings is 2. The van der Waals surface area contributed by atoms with E-state index in [1.807, 2.05) is 37.3 Å². The van der Waals surface area contributed by atoms with Crippen LogP contribution >= 0.6 is 11.6 Å². The molecular formula is C15H15ClN2O. The summed E-state index contributed by atoms with van der Waals surface area (Å²) >= 11 is 6.10.